The molecule has 0 aliphatic carbocycles. The Morgan fingerprint density at radius 1 is 1.05 bits per heavy atom. The molecular formula is C25H24ClF5N6O4. The molecule has 1 aromatic carbocycles. The van der Waals surface area contributed by atoms with Crippen LogP contribution in [0.3, 0.4) is 0 Å². The predicted octanol–water partition coefficient (Wildman–Crippen LogP) is 3.87. The second-order valence-corrected chi connectivity index (χ2v) is 9.78. The van der Waals surface area contributed by atoms with Crippen molar-refractivity contribution < 1.29 is 36.6 Å². The number of nitrogens with zero attached hydrogens (tertiary/aromatic N) is 6. The molecule has 1 aliphatic heterocycles. The molecule has 3 aromatic rings. The number of aromatic nitrogens is 3. The van der Waals surface area contributed by atoms with Gasteiger partial charge < -0.3 is 14.9 Å². The number of hydrogen-bond donors (Lipinski definition) is 1. The molecule has 41 heavy (non-hydrogen) atoms. The molecule has 1 N–H and O–H groups in total. The quantitative estimate of drug-likeness (QED) is 0.340. The van der Waals surface area contributed by atoms with Gasteiger partial charge in [0, 0.05) is 64.3 Å². The molecule has 4 rings (SSSR count). The van der Waals surface area contributed by atoms with E-state index >= 15 is 0 Å². The Kier molecular flexibility index (Phi) is 8.40. The molecule has 1 fully saturated rings. The molecule has 220 valence electrons. The molecule has 3 heterocycles. The van der Waals surface area contributed by atoms with Gasteiger partial charge >= 0.3 is 18.0 Å². The minimum atomic E-state index is -4.78. The zero-order chi connectivity index (χ0) is 30.2. The number of anilines is 1. The summed E-state index contributed by atoms with van der Waals surface area (Å²) in [5, 5.41) is 8.64. The van der Waals surface area contributed by atoms with Crippen LogP contribution in [0.15, 0.2) is 35.3 Å². The lowest BCUT2D eigenvalue weighted by Gasteiger charge is -2.32. The van der Waals surface area contributed by atoms with Gasteiger partial charge in [-0.1, -0.05) is 11.6 Å². The summed E-state index contributed by atoms with van der Waals surface area (Å²) in [5.74, 6) is -3.69. The first-order valence-electron chi connectivity index (χ1n) is 12.2. The number of carbonyl (C=O) groups excluding carboxylic acids is 1. The third-order valence-electron chi connectivity index (χ3n) is 6.63. The van der Waals surface area contributed by atoms with Crippen molar-refractivity contribution in [2.24, 2.45) is 0 Å². The Balaban J connectivity index is 1.74. The summed E-state index contributed by atoms with van der Waals surface area (Å²) in [5.41, 5.74) is -2.92. The number of aryl methyl sites for hydroxylation is 1. The van der Waals surface area contributed by atoms with Crippen molar-refractivity contribution in [1.82, 2.24) is 23.9 Å². The summed E-state index contributed by atoms with van der Waals surface area (Å²) in [4.78, 5) is 46.1. The minimum Gasteiger partial charge on any atom is -0.465 e. The average molecular weight is 603 g/mol. The molecule has 16 heteroatoms. The van der Waals surface area contributed by atoms with Crippen LogP contribution in [-0.4, -0.2) is 80.8 Å². The lowest BCUT2D eigenvalue weighted by Crippen LogP contribution is -2.49. The predicted molar refractivity (Wildman–Crippen MR) is 138 cm³/mol. The zero-order valence-electron chi connectivity index (χ0n) is 21.8. The molecule has 10 nitrogen and oxygen atoms in total. The van der Waals surface area contributed by atoms with Crippen LogP contribution in [0.25, 0.3) is 5.82 Å². The molecule has 0 spiro atoms. The standard InChI is InChI=1S/C25H24ClF5N6O4/c1-14-9-15(25(29,30)31)10-21(32-14)37-20(22(38)33(2)19-11-16(26)17(27)12-18(19)28)13-36(23(37)39)8-5-34-3-6-35(7-4-34)24(40)41/h9-13H,3-8H2,1-2H3,(H,40,41). The molecular weight excluding hydrogens is 579 g/mol. The first-order valence-corrected chi connectivity index (χ1v) is 12.6. The maximum absolute atomic E-state index is 14.6. The van der Waals surface area contributed by atoms with Crippen LogP contribution in [0.5, 0.6) is 0 Å². The number of benzene rings is 1. The lowest BCUT2D eigenvalue weighted by atomic mass is 10.2. The number of carboxylic acid groups (broad SMARTS) is 1. The summed E-state index contributed by atoms with van der Waals surface area (Å²) in [6, 6.07) is 2.75. The first-order chi connectivity index (χ1) is 19.2. The Labute approximate surface area is 234 Å². The van der Waals surface area contributed by atoms with Crippen molar-refractivity contribution in [3.8, 4) is 5.82 Å². The molecule has 0 saturated carbocycles. The van der Waals surface area contributed by atoms with E-state index in [9.17, 15) is 36.3 Å². The third kappa shape index (κ3) is 6.35. The molecule has 2 aromatic heterocycles. The third-order valence-corrected chi connectivity index (χ3v) is 6.92. The van der Waals surface area contributed by atoms with E-state index < -0.39 is 63.3 Å². The molecule has 2 amide bonds. The Morgan fingerprint density at radius 3 is 2.32 bits per heavy atom. The maximum atomic E-state index is 14.6. The van der Waals surface area contributed by atoms with Crippen LogP contribution in [-0.2, 0) is 12.7 Å². The van der Waals surface area contributed by atoms with Crippen LogP contribution < -0.4 is 10.6 Å². The highest BCUT2D eigenvalue weighted by atomic mass is 35.5. The number of pyridine rings is 1. The highest BCUT2D eigenvalue weighted by Gasteiger charge is 2.33. The zero-order valence-corrected chi connectivity index (χ0v) is 22.5. The number of imidazole rings is 1. The van der Waals surface area contributed by atoms with E-state index in [2.05, 4.69) is 4.98 Å². The number of rotatable bonds is 6. The van der Waals surface area contributed by atoms with Crippen molar-refractivity contribution in [3.63, 3.8) is 0 Å². The van der Waals surface area contributed by atoms with Gasteiger partial charge in [-0.3, -0.25) is 14.3 Å². The number of hydrogen-bond acceptors (Lipinski definition) is 5. The van der Waals surface area contributed by atoms with Gasteiger partial charge in [-0.2, -0.15) is 13.2 Å². The highest BCUT2D eigenvalue weighted by molar-refractivity contribution is 6.31. The van der Waals surface area contributed by atoms with Gasteiger partial charge in [-0.25, -0.2) is 27.9 Å². The number of alkyl halides is 3. The van der Waals surface area contributed by atoms with E-state index in [1.165, 1.54) is 11.8 Å². The molecule has 0 bridgehead atoms. The fraction of sp³-hybridized carbons (Fsp3) is 0.360. The van der Waals surface area contributed by atoms with Gasteiger partial charge in [-0.15, -0.1) is 0 Å². The molecule has 0 radical (unpaired) electrons. The average Bonchev–Trinajstić information content (AvgIpc) is 3.24. The van der Waals surface area contributed by atoms with Crippen molar-refractivity contribution in [3.05, 3.63) is 74.6 Å². The number of carbonyl (C=O) groups is 2. The Bertz CT molecular complexity index is 1550. The smallest absolute Gasteiger partial charge is 0.416 e. The van der Waals surface area contributed by atoms with E-state index in [1.54, 1.807) is 0 Å². The largest absolute Gasteiger partial charge is 0.465 e. The number of halogens is 6. The summed E-state index contributed by atoms with van der Waals surface area (Å²) in [6.45, 7) is 2.82. The van der Waals surface area contributed by atoms with Crippen molar-refractivity contribution in [1.29, 1.82) is 0 Å². The van der Waals surface area contributed by atoms with E-state index in [4.69, 9.17) is 16.7 Å². The van der Waals surface area contributed by atoms with Crippen molar-refractivity contribution in [2.45, 2.75) is 19.6 Å². The maximum Gasteiger partial charge on any atom is 0.416 e. The van der Waals surface area contributed by atoms with Crippen LogP contribution in [0.2, 0.25) is 5.02 Å². The van der Waals surface area contributed by atoms with Gasteiger partial charge in [-0.05, 0) is 25.1 Å². The van der Waals surface area contributed by atoms with Gasteiger partial charge in [0.15, 0.2) is 0 Å². The second kappa shape index (κ2) is 11.5. The van der Waals surface area contributed by atoms with Gasteiger partial charge in [0.1, 0.15) is 23.1 Å². The highest BCUT2D eigenvalue weighted by Crippen LogP contribution is 2.31. The Hall–Kier alpha value is -3.98. The number of piperazine rings is 1. The van der Waals surface area contributed by atoms with Crippen molar-refractivity contribution >= 4 is 29.3 Å². The van der Waals surface area contributed by atoms with E-state index in [0.29, 0.717) is 29.8 Å². The van der Waals surface area contributed by atoms with E-state index in [-0.39, 0.29) is 31.9 Å². The fourth-order valence-electron chi connectivity index (χ4n) is 4.42. The topological polar surface area (TPSA) is 104 Å². The molecule has 1 aliphatic rings. The SMILES string of the molecule is Cc1cc(C(F)(F)F)cc(-n2c(C(=O)N(C)c3cc(Cl)c(F)cc3F)cn(CCN3CCN(C(=O)O)CC3)c2=O)n1. The van der Waals surface area contributed by atoms with Crippen LogP contribution in [0.1, 0.15) is 21.7 Å². The Morgan fingerprint density at radius 2 is 1.71 bits per heavy atom. The summed E-state index contributed by atoms with van der Waals surface area (Å²) < 4.78 is 70.8. The fourth-order valence-corrected chi connectivity index (χ4v) is 4.57. The van der Waals surface area contributed by atoms with Crippen LogP contribution in [0, 0.1) is 18.6 Å². The monoisotopic (exact) mass is 602 g/mol. The minimum absolute atomic E-state index is 0.00240. The summed E-state index contributed by atoms with van der Waals surface area (Å²) in [6.07, 6.45) is -4.70. The normalized spacial score (nSPS) is 14.4. The summed E-state index contributed by atoms with van der Waals surface area (Å²) >= 11 is 5.76. The van der Waals surface area contributed by atoms with Gasteiger partial charge in [0.05, 0.1) is 16.3 Å². The molecule has 0 atom stereocenters. The van der Waals surface area contributed by atoms with Gasteiger partial charge in [0.2, 0.25) is 0 Å². The van der Waals surface area contributed by atoms with Crippen molar-refractivity contribution in [2.75, 3.05) is 44.7 Å². The molecule has 0 unspecified atom stereocenters. The van der Waals surface area contributed by atoms with Gasteiger partial charge in [0.25, 0.3) is 5.91 Å². The van der Waals surface area contributed by atoms with E-state index in [1.807, 2.05) is 4.90 Å². The first kappa shape index (κ1) is 30.0. The van der Waals surface area contributed by atoms with Crippen LogP contribution >= 0.6 is 11.6 Å². The second-order valence-electron chi connectivity index (χ2n) is 9.37. The molecule has 1 saturated heterocycles. The number of amides is 2. The van der Waals surface area contributed by atoms with Crippen LogP contribution in [0.4, 0.5) is 32.4 Å². The van der Waals surface area contributed by atoms with E-state index in [0.717, 1.165) is 34.8 Å². The lowest BCUT2D eigenvalue weighted by molar-refractivity contribution is -0.137. The summed E-state index contributed by atoms with van der Waals surface area (Å²) in [7, 11) is 1.13.